The molecule has 0 aliphatic rings. The van der Waals surface area contributed by atoms with Crippen LogP contribution in [0, 0.1) is 6.92 Å². The molecule has 3 nitrogen and oxygen atoms in total. The van der Waals surface area contributed by atoms with Crippen molar-refractivity contribution in [1.82, 2.24) is 9.97 Å². The van der Waals surface area contributed by atoms with E-state index in [0.717, 1.165) is 17.1 Å². The molecule has 1 N–H and O–H groups in total. The molecule has 0 bridgehead atoms. The molecule has 2 rings (SSSR count). The van der Waals surface area contributed by atoms with E-state index in [-0.39, 0.29) is 0 Å². The number of nitrogens with zero attached hydrogens (tertiary/aromatic N) is 2. The molecule has 82 valence electrons. The average molecular weight is 214 g/mol. The van der Waals surface area contributed by atoms with Gasteiger partial charge in [-0.3, -0.25) is 0 Å². The second-order valence-corrected chi connectivity index (χ2v) is 3.73. The van der Waals surface area contributed by atoms with Gasteiger partial charge in [-0.15, -0.1) is 0 Å². The van der Waals surface area contributed by atoms with Crippen LogP contribution in [0.25, 0.3) is 0 Å². The van der Waals surface area contributed by atoms with E-state index in [2.05, 4.69) is 9.97 Å². The third kappa shape index (κ3) is 2.64. The number of rotatable bonds is 3. The topological polar surface area (TPSA) is 46.0 Å². The molecule has 1 aromatic heterocycles. The lowest BCUT2D eigenvalue weighted by Crippen LogP contribution is -2.04. The van der Waals surface area contributed by atoms with Gasteiger partial charge in [-0.1, -0.05) is 30.3 Å². The SMILES string of the molecule is Cc1nccc(CC(O)c2ccccc2)n1. The summed E-state index contributed by atoms with van der Waals surface area (Å²) in [7, 11) is 0. The van der Waals surface area contributed by atoms with Crippen LogP contribution in [0.3, 0.4) is 0 Å². The van der Waals surface area contributed by atoms with Crippen LogP contribution in [0.2, 0.25) is 0 Å². The highest BCUT2D eigenvalue weighted by Crippen LogP contribution is 2.16. The number of hydrogen-bond donors (Lipinski definition) is 1. The third-order valence-corrected chi connectivity index (χ3v) is 2.42. The zero-order valence-corrected chi connectivity index (χ0v) is 9.17. The van der Waals surface area contributed by atoms with Crippen molar-refractivity contribution in [1.29, 1.82) is 0 Å². The summed E-state index contributed by atoms with van der Waals surface area (Å²) in [5.41, 5.74) is 1.78. The van der Waals surface area contributed by atoms with Crippen molar-refractivity contribution >= 4 is 0 Å². The fourth-order valence-electron chi connectivity index (χ4n) is 1.61. The van der Waals surface area contributed by atoms with Crippen molar-refractivity contribution in [2.24, 2.45) is 0 Å². The predicted octanol–water partition coefficient (Wildman–Crippen LogP) is 2.06. The minimum Gasteiger partial charge on any atom is -0.388 e. The van der Waals surface area contributed by atoms with Crippen LogP contribution >= 0.6 is 0 Å². The summed E-state index contributed by atoms with van der Waals surface area (Å²) >= 11 is 0. The third-order valence-electron chi connectivity index (χ3n) is 2.42. The monoisotopic (exact) mass is 214 g/mol. The largest absolute Gasteiger partial charge is 0.388 e. The Hall–Kier alpha value is -1.74. The van der Waals surface area contributed by atoms with Crippen molar-refractivity contribution in [2.75, 3.05) is 0 Å². The second-order valence-electron chi connectivity index (χ2n) is 3.73. The molecule has 0 fully saturated rings. The highest BCUT2D eigenvalue weighted by molar-refractivity contribution is 5.19. The molecule has 3 heteroatoms. The molecule has 1 atom stereocenters. The second kappa shape index (κ2) is 4.86. The first-order valence-electron chi connectivity index (χ1n) is 5.27. The summed E-state index contributed by atoms with van der Waals surface area (Å²) in [6.07, 6.45) is 1.73. The number of aromatic nitrogens is 2. The van der Waals surface area contributed by atoms with Gasteiger partial charge in [0.15, 0.2) is 0 Å². The number of hydrogen-bond acceptors (Lipinski definition) is 3. The Kier molecular flexibility index (Phi) is 3.27. The maximum atomic E-state index is 10.0. The molecule has 1 unspecified atom stereocenters. The Morgan fingerprint density at radius 3 is 2.62 bits per heavy atom. The Morgan fingerprint density at radius 2 is 1.94 bits per heavy atom. The molecule has 0 radical (unpaired) electrons. The van der Waals surface area contributed by atoms with Crippen LogP contribution in [0.4, 0.5) is 0 Å². The van der Waals surface area contributed by atoms with Crippen molar-refractivity contribution < 1.29 is 5.11 Å². The lowest BCUT2D eigenvalue weighted by Gasteiger charge is -2.10. The maximum Gasteiger partial charge on any atom is 0.125 e. The van der Waals surface area contributed by atoms with Crippen LogP contribution in [-0.2, 0) is 6.42 Å². The van der Waals surface area contributed by atoms with Gasteiger partial charge in [0.2, 0.25) is 0 Å². The van der Waals surface area contributed by atoms with Crippen molar-refractivity contribution in [3.05, 3.63) is 59.7 Å². The highest BCUT2D eigenvalue weighted by Gasteiger charge is 2.08. The minimum atomic E-state index is -0.504. The van der Waals surface area contributed by atoms with Gasteiger partial charge in [0, 0.05) is 18.3 Å². The molecule has 1 heterocycles. The maximum absolute atomic E-state index is 10.0. The predicted molar refractivity (Wildman–Crippen MR) is 61.9 cm³/mol. The van der Waals surface area contributed by atoms with Gasteiger partial charge < -0.3 is 5.11 Å². The smallest absolute Gasteiger partial charge is 0.125 e. The van der Waals surface area contributed by atoms with Crippen LogP contribution in [0.5, 0.6) is 0 Å². The van der Waals surface area contributed by atoms with Gasteiger partial charge in [0.25, 0.3) is 0 Å². The van der Waals surface area contributed by atoms with E-state index in [9.17, 15) is 5.11 Å². The molecule has 0 saturated carbocycles. The van der Waals surface area contributed by atoms with E-state index in [4.69, 9.17) is 0 Å². The van der Waals surface area contributed by atoms with Gasteiger partial charge in [0.1, 0.15) is 5.82 Å². The molecule has 0 aliphatic heterocycles. The molecule has 16 heavy (non-hydrogen) atoms. The summed E-state index contributed by atoms with van der Waals surface area (Å²) in [5, 5.41) is 10.0. The van der Waals surface area contributed by atoms with Crippen LogP contribution in [-0.4, -0.2) is 15.1 Å². The Morgan fingerprint density at radius 1 is 1.19 bits per heavy atom. The molecule has 0 amide bonds. The van der Waals surface area contributed by atoms with E-state index in [1.54, 1.807) is 6.20 Å². The first-order valence-corrected chi connectivity index (χ1v) is 5.27. The molecular weight excluding hydrogens is 200 g/mol. The Labute approximate surface area is 94.8 Å². The summed E-state index contributed by atoms with van der Waals surface area (Å²) in [6.45, 7) is 1.85. The van der Waals surface area contributed by atoms with Crippen LogP contribution in [0.1, 0.15) is 23.2 Å². The van der Waals surface area contributed by atoms with Crippen molar-refractivity contribution in [3.8, 4) is 0 Å². The zero-order valence-electron chi connectivity index (χ0n) is 9.17. The first-order chi connectivity index (χ1) is 7.75. The standard InChI is InChI=1S/C13H14N2O/c1-10-14-8-7-12(15-10)9-13(16)11-5-3-2-4-6-11/h2-8,13,16H,9H2,1H3. The van der Waals surface area contributed by atoms with Gasteiger partial charge in [-0.25, -0.2) is 9.97 Å². The van der Waals surface area contributed by atoms with E-state index >= 15 is 0 Å². The van der Waals surface area contributed by atoms with E-state index < -0.39 is 6.10 Å². The van der Waals surface area contributed by atoms with Gasteiger partial charge >= 0.3 is 0 Å². The van der Waals surface area contributed by atoms with E-state index in [0.29, 0.717) is 6.42 Å². The number of aryl methyl sites for hydroxylation is 1. The van der Waals surface area contributed by atoms with Gasteiger partial charge in [-0.05, 0) is 18.6 Å². The molecule has 0 aliphatic carbocycles. The average Bonchev–Trinajstić information content (AvgIpc) is 2.30. The lowest BCUT2D eigenvalue weighted by molar-refractivity contribution is 0.177. The fourth-order valence-corrected chi connectivity index (χ4v) is 1.61. The van der Waals surface area contributed by atoms with E-state index in [1.165, 1.54) is 0 Å². The molecule has 0 spiro atoms. The highest BCUT2D eigenvalue weighted by atomic mass is 16.3. The van der Waals surface area contributed by atoms with Crippen molar-refractivity contribution in [3.63, 3.8) is 0 Å². The summed E-state index contributed by atoms with van der Waals surface area (Å²) in [5.74, 6) is 0.734. The summed E-state index contributed by atoms with van der Waals surface area (Å²) < 4.78 is 0. The quantitative estimate of drug-likeness (QED) is 0.850. The van der Waals surface area contributed by atoms with Gasteiger partial charge in [0.05, 0.1) is 6.10 Å². The van der Waals surface area contributed by atoms with E-state index in [1.807, 2.05) is 43.3 Å². The van der Waals surface area contributed by atoms with Crippen LogP contribution < -0.4 is 0 Å². The summed E-state index contributed by atoms with van der Waals surface area (Å²) in [4.78, 5) is 8.29. The number of benzene rings is 1. The Bertz CT molecular complexity index is 456. The molecule has 1 aromatic carbocycles. The first kappa shape index (κ1) is 10.8. The zero-order chi connectivity index (χ0) is 11.4. The minimum absolute atomic E-state index is 0.504. The van der Waals surface area contributed by atoms with Crippen molar-refractivity contribution in [2.45, 2.75) is 19.4 Å². The normalized spacial score (nSPS) is 12.4. The molecule has 2 aromatic rings. The van der Waals surface area contributed by atoms with Gasteiger partial charge in [-0.2, -0.15) is 0 Å². The Balaban J connectivity index is 2.11. The number of aliphatic hydroxyl groups excluding tert-OH is 1. The lowest BCUT2D eigenvalue weighted by atomic mass is 10.1. The van der Waals surface area contributed by atoms with Crippen LogP contribution in [0.15, 0.2) is 42.6 Å². The summed E-state index contributed by atoms with van der Waals surface area (Å²) in [6, 6.07) is 11.4. The molecule has 0 saturated heterocycles. The fraction of sp³-hybridized carbons (Fsp3) is 0.231. The molecular formula is C13H14N2O. The number of aliphatic hydroxyl groups is 1.